The molecule has 0 spiro atoms. The summed E-state index contributed by atoms with van der Waals surface area (Å²) in [7, 11) is 0. The molecule has 1 fully saturated rings. The van der Waals surface area contributed by atoms with Crippen LogP contribution in [0.1, 0.15) is 24.4 Å². The maximum absolute atomic E-state index is 13.1. The molecule has 1 heterocycles. The van der Waals surface area contributed by atoms with Gasteiger partial charge in [-0.15, -0.1) is 0 Å². The lowest BCUT2D eigenvalue weighted by atomic mass is 10.0. The van der Waals surface area contributed by atoms with Crippen LogP contribution >= 0.6 is 0 Å². The van der Waals surface area contributed by atoms with E-state index in [9.17, 15) is 19.6 Å². The lowest BCUT2D eigenvalue weighted by Crippen LogP contribution is -2.13. The number of hydrogen-bond acceptors (Lipinski definition) is 4. The summed E-state index contributed by atoms with van der Waals surface area (Å²) in [5, 5.41) is 23.2. The van der Waals surface area contributed by atoms with E-state index in [1.807, 2.05) is 0 Å². The van der Waals surface area contributed by atoms with Gasteiger partial charge in [0.15, 0.2) is 0 Å². The third kappa shape index (κ3) is 1.83. The zero-order valence-electron chi connectivity index (χ0n) is 8.44. The molecule has 1 aromatic rings. The van der Waals surface area contributed by atoms with Crippen molar-refractivity contribution < 1.29 is 14.4 Å². The molecular formula is C10H11FN2O3. The van der Waals surface area contributed by atoms with Crippen LogP contribution in [0.5, 0.6) is 5.75 Å². The van der Waals surface area contributed by atoms with E-state index in [2.05, 4.69) is 5.32 Å². The Hall–Kier alpha value is -1.69. The highest BCUT2D eigenvalue weighted by Crippen LogP contribution is 2.34. The summed E-state index contributed by atoms with van der Waals surface area (Å²) in [6.45, 7) is 0.801. The van der Waals surface area contributed by atoms with Gasteiger partial charge in [0, 0.05) is 23.7 Å². The number of aromatic hydroxyl groups is 1. The van der Waals surface area contributed by atoms with Gasteiger partial charge in [-0.05, 0) is 19.4 Å². The van der Waals surface area contributed by atoms with Gasteiger partial charge in [0.05, 0.1) is 4.92 Å². The van der Waals surface area contributed by atoms with Crippen LogP contribution in [0.3, 0.4) is 0 Å². The number of halogens is 1. The summed E-state index contributed by atoms with van der Waals surface area (Å²) in [6.07, 6.45) is 1.73. The summed E-state index contributed by atoms with van der Waals surface area (Å²) >= 11 is 0. The van der Waals surface area contributed by atoms with Crippen molar-refractivity contribution in [3.63, 3.8) is 0 Å². The Kier molecular flexibility index (Phi) is 2.74. The van der Waals surface area contributed by atoms with E-state index in [0.29, 0.717) is 5.56 Å². The van der Waals surface area contributed by atoms with Crippen molar-refractivity contribution in [2.24, 2.45) is 0 Å². The first kappa shape index (κ1) is 10.8. The van der Waals surface area contributed by atoms with Crippen LogP contribution in [0, 0.1) is 15.9 Å². The van der Waals surface area contributed by atoms with Crippen LogP contribution in [-0.2, 0) is 0 Å². The smallest absolute Gasteiger partial charge is 0.305 e. The van der Waals surface area contributed by atoms with Crippen molar-refractivity contribution in [1.29, 1.82) is 0 Å². The van der Waals surface area contributed by atoms with Crippen LogP contribution in [0.15, 0.2) is 12.1 Å². The topological polar surface area (TPSA) is 75.4 Å². The van der Waals surface area contributed by atoms with E-state index in [4.69, 9.17) is 0 Å². The van der Waals surface area contributed by atoms with Crippen LogP contribution in [0.4, 0.5) is 10.1 Å². The SMILES string of the molecule is O=[N+]([O-])c1cc([C@@H]2CCCN2)c(O)cc1F. The van der Waals surface area contributed by atoms with E-state index in [0.717, 1.165) is 31.5 Å². The third-order valence-electron chi connectivity index (χ3n) is 2.73. The van der Waals surface area contributed by atoms with Crippen LogP contribution in [-0.4, -0.2) is 16.6 Å². The Morgan fingerprint density at radius 3 is 2.88 bits per heavy atom. The predicted molar refractivity (Wildman–Crippen MR) is 54.7 cm³/mol. The number of nitrogens with zero attached hydrogens (tertiary/aromatic N) is 1. The van der Waals surface area contributed by atoms with E-state index >= 15 is 0 Å². The zero-order chi connectivity index (χ0) is 11.7. The predicted octanol–water partition coefficient (Wildman–Crippen LogP) is 1.86. The Morgan fingerprint density at radius 1 is 1.56 bits per heavy atom. The van der Waals surface area contributed by atoms with Gasteiger partial charge in [-0.1, -0.05) is 0 Å². The number of hydrogen-bond donors (Lipinski definition) is 2. The molecule has 1 aliphatic rings. The molecule has 0 unspecified atom stereocenters. The molecule has 0 aromatic heterocycles. The Labute approximate surface area is 91.0 Å². The lowest BCUT2D eigenvalue weighted by Gasteiger charge is -2.12. The van der Waals surface area contributed by atoms with Gasteiger partial charge < -0.3 is 10.4 Å². The quantitative estimate of drug-likeness (QED) is 0.596. The molecule has 1 saturated heterocycles. The first-order valence-corrected chi connectivity index (χ1v) is 5.00. The summed E-state index contributed by atoms with van der Waals surface area (Å²) in [4.78, 5) is 9.78. The summed E-state index contributed by atoms with van der Waals surface area (Å²) in [5.74, 6) is -1.24. The highest BCUT2D eigenvalue weighted by Gasteiger charge is 2.24. The fourth-order valence-electron chi connectivity index (χ4n) is 1.94. The van der Waals surface area contributed by atoms with Crippen molar-refractivity contribution in [3.8, 4) is 5.75 Å². The molecule has 0 aliphatic carbocycles. The molecule has 1 atom stereocenters. The highest BCUT2D eigenvalue weighted by molar-refractivity contribution is 5.46. The largest absolute Gasteiger partial charge is 0.507 e. The van der Waals surface area contributed by atoms with Crippen LogP contribution in [0.25, 0.3) is 0 Å². The van der Waals surface area contributed by atoms with Crippen molar-refractivity contribution in [1.82, 2.24) is 5.32 Å². The van der Waals surface area contributed by atoms with Gasteiger partial charge >= 0.3 is 5.69 Å². The maximum Gasteiger partial charge on any atom is 0.305 e. The molecule has 5 nitrogen and oxygen atoms in total. The standard InChI is InChI=1S/C10H11FN2O3/c11-7-5-10(14)6(4-9(7)13(15)16)8-2-1-3-12-8/h4-5,8,12,14H,1-3H2/t8-/m0/s1. The molecule has 1 aliphatic heterocycles. The minimum Gasteiger partial charge on any atom is -0.507 e. The fraction of sp³-hybridized carbons (Fsp3) is 0.400. The van der Waals surface area contributed by atoms with Crippen molar-refractivity contribution >= 4 is 5.69 Å². The van der Waals surface area contributed by atoms with Gasteiger partial charge in [-0.25, -0.2) is 0 Å². The van der Waals surface area contributed by atoms with Gasteiger partial charge in [0.2, 0.25) is 5.82 Å². The first-order chi connectivity index (χ1) is 7.59. The Morgan fingerprint density at radius 2 is 2.31 bits per heavy atom. The molecular weight excluding hydrogens is 215 g/mol. The van der Waals surface area contributed by atoms with E-state index < -0.39 is 16.4 Å². The molecule has 1 aromatic carbocycles. The summed E-state index contributed by atoms with van der Waals surface area (Å²) < 4.78 is 13.1. The number of nitro groups is 1. The van der Waals surface area contributed by atoms with E-state index in [1.54, 1.807) is 0 Å². The molecule has 6 heteroatoms. The lowest BCUT2D eigenvalue weighted by molar-refractivity contribution is -0.387. The number of phenolic OH excluding ortho intramolecular Hbond substituents is 1. The number of nitro benzene ring substituents is 1. The van der Waals surface area contributed by atoms with Gasteiger partial charge in [-0.2, -0.15) is 4.39 Å². The molecule has 0 saturated carbocycles. The average Bonchev–Trinajstić information content (AvgIpc) is 2.70. The fourth-order valence-corrected chi connectivity index (χ4v) is 1.94. The van der Waals surface area contributed by atoms with Crippen LogP contribution in [0.2, 0.25) is 0 Å². The first-order valence-electron chi connectivity index (χ1n) is 5.00. The maximum atomic E-state index is 13.1. The van der Waals surface area contributed by atoms with E-state index in [1.165, 1.54) is 0 Å². The summed E-state index contributed by atoms with van der Waals surface area (Å²) in [6, 6.07) is 1.78. The van der Waals surface area contributed by atoms with Crippen molar-refractivity contribution in [3.05, 3.63) is 33.6 Å². The second-order valence-electron chi connectivity index (χ2n) is 3.77. The minimum atomic E-state index is -1.01. The third-order valence-corrected chi connectivity index (χ3v) is 2.73. The molecule has 16 heavy (non-hydrogen) atoms. The zero-order valence-corrected chi connectivity index (χ0v) is 8.44. The van der Waals surface area contributed by atoms with Crippen molar-refractivity contribution in [2.45, 2.75) is 18.9 Å². The normalized spacial score (nSPS) is 19.9. The molecule has 2 rings (SSSR count). The second-order valence-corrected chi connectivity index (χ2v) is 3.77. The van der Waals surface area contributed by atoms with Gasteiger partial charge in [-0.3, -0.25) is 10.1 Å². The molecule has 0 amide bonds. The number of benzene rings is 1. The number of rotatable bonds is 2. The molecule has 86 valence electrons. The molecule has 2 N–H and O–H groups in total. The second kappa shape index (κ2) is 4.05. The Bertz CT molecular complexity index is 430. The van der Waals surface area contributed by atoms with Crippen LogP contribution < -0.4 is 5.32 Å². The number of nitrogens with one attached hydrogen (secondary N) is 1. The highest BCUT2D eigenvalue weighted by atomic mass is 19.1. The summed E-state index contributed by atoms with van der Waals surface area (Å²) in [5.41, 5.74) is -0.202. The minimum absolute atomic E-state index is 0.126. The average molecular weight is 226 g/mol. The van der Waals surface area contributed by atoms with Gasteiger partial charge in [0.25, 0.3) is 0 Å². The van der Waals surface area contributed by atoms with Crippen molar-refractivity contribution in [2.75, 3.05) is 6.54 Å². The monoisotopic (exact) mass is 226 g/mol. The Balaban J connectivity index is 2.44. The van der Waals surface area contributed by atoms with Gasteiger partial charge in [0.1, 0.15) is 5.75 Å². The van der Waals surface area contributed by atoms with E-state index in [-0.39, 0.29) is 11.8 Å². The molecule has 0 radical (unpaired) electrons. The number of phenols is 1. The molecule has 0 bridgehead atoms.